The minimum atomic E-state index is -0.302. The molecule has 0 saturated heterocycles. The lowest BCUT2D eigenvalue weighted by molar-refractivity contribution is 0.628. The molecule has 8 heteroatoms. The van der Waals surface area contributed by atoms with Gasteiger partial charge in [-0.15, -0.1) is 10.2 Å². The third kappa shape index (κ3) is 4.08. The molecule has 0 spiro atoms. The van der Waals surface area contributed by atoms with Crippen LogP contribution in [-0.4, -0.2) is 26.0 Å². The predicted molar refractivity (Wildman–Crippen MR) is 124 cm³/mol. The van der Waals surface area contributed by atoms with E-state index in [9.17, 15) is 9.18 Å². The lowest BCUT2D eigenvalue weighted by Crippen LogP contribution is -2.24. The average Bonchev–Trinajstić information content (AvgIpc) is 3.28. The van der Waals surface area contributed by atoms with Gasteiger partial charge < -0.3 is 0 Å². The SMILES string of the molecule is O=c1c2ccccc2nc(-c2ccccc2)n1Cc1nnc(/N=C/c2ccc(F)cc2)s1. The van der Waals surface area contributed by atoms with Crippen molar-refractivity contribution >= 4 is 33.6 Å². The van der Waals surface area contributed by atoms with Crippen molar-refractivity contribution in [3.63, 3.8) is 0 Å². The van der Waals surface area contributed by atoms with Crippen LogP contribution in [0, 0.1) is 5.82 Å². The van der Waals surface area contributed by atoms with Gasteiger partial charge in [0.15, 0.2) is 0 Å². The Balaban J connectivity index is 1.51. The molecule has 6 nitrogen and oxygen atoms in total. The molecule has 0 radical (unpaired) electrons. The Morgan fingerprint density at radius 3 is 2.50 bits per heavy atom. The summed E-state index contributed by atoms with van der Waals surface area (Å²) >= 11 is 1.29. The fraction of sp³-hybridized carbons (Fsp3) is 0.0417. The first-order valence-electron chi connectivity index (χ1n) is 9.84. The van der Waals surface area contributed by atoms with E-state index in [1.54, 1.807) is 29.0 Å². The van der Waals surface area contributed by atoms with Gasteiger partial charge in [-0.05, 0) is 29.8 Å². The van der Waals surface area contributed by atoms with Crippen LogP contribution in [0.3, 0.4) is 0 Å². The zero-order chi connectivity index (χ0) is 21.9. The van der Waals surface area contributed by atoms with Gasteiger partial charge in [0, 0.05) is 11.8 Å². The molecule has 0 aliphatic carbocycles. The summed E-state index contributed by atoms with van der Waals surface area (Å²) in [5, 5.41) is 9.93. The summed E-state index contributed by atoms with van der Waals surface area (Å²) in [6.45, 7) is 0.227. The number of hydrogen-bond acceptors (Lipinski definition) is 6. The molecule has 0 aliphatic heterocycles. The highest BCUT2D eigenvalue weighted by Gasteiger charge is 2.15. The van der Waals surface area contributed by atoms with E-state index in [2.05, 4.69) is 15.2 Å². The molecular weight excluding hydrogens is 425 g/mol. The van der Waals surface area contributed by atoms with Crippen molar-refractivity contribution in [2.24, 2.45) is 4.99 Å². The van der Waals surface area contributed by atoms with Crippen molar-refractivity contribution in [2.75, 3.05) is 0 Å². The molecule has 32 heavy (non-hydrogen) atoms. The van der Waals surface area contributed by atoms with E-state index in [1.807, 2.05) is 48.5 Å². The molecule has 3 aromatic carbocycles. The van der Waals surface area contributed by atoms with Crippen LogP contribution < -0.4 is 5.56 Å². The van der Waals surface area contributed by atoms with Crippen molar-refractivity contribution in [1.29, 1.82) is 0 Å². The Morgan fingerprint density at radius 2 is 1.69 bits per heavy atom. The highest BCUT2D eigenvalue weighted by Crippen LogP contribution is 2.23. The fourth-order valence-corrected chi connectivity index (χ4v) is 3.97. The summed E-state index contributed by atoms with van der Waals surface area (Å²) in [6.07, 6.45) is 1.60. The van der Waals surface area contributed by atoms with E-state index >= 15 is 0 Å². The molecule has 0 atom stereocenters. The summed E-state index contributed by atoms with van der Waals surface area (Å²) in [5.74, 6) is 0.268. The monoisotopic (exact) mass is 441 g/mol. The third-order valence-corrected chi connectivity index (χ3v) is 5.65. The molecule has 0 fully saturated rings. The van der Waals surface area contributed by atoms with Crippen LogP contribution in [0.2, 0.25) is 0 Å². The van der Waals surface area contributed by atoms with Crippen LogP contribution >= 0.6 is 11.3 Å². The van der Waals surface area contributed by atoms with Crippen molar-refractivity contribution in [2.45, 2.75) is 6.54 Å². The predicted octanol–water partition coefficient (Wildman–Crippen LogP) is 4.85. The van der Waals surface area contributed by atoms with Gasteiger partial charge in [0.25, 0.3) is 5.56 Å². The van der Waals surface area contributed by atoms with Crippen molar-refractivity contribution in [3.8, 4) is 11.4 Å². The number of nitrogens with zero attached hydrogens (tertiary/aromatic N) is 5. The quantitative estimate of drug-likeness (QED) is 0.366. The number of halogens is 1. The van der Waals surface area contributed by atoms with Crippen molar-refractivity contribution in [3.05, 3.63) is 106 Å². The zero-order valence-corrected chi connectivity index (χ0v) is 17.5. The number of hydrogen-bond donors (Lipinski definition) is 0. The largest absolute Gasteiger partial charge is 0.285 e. The van der Waals surface area contributed by atoms with E-state index in [0.29, 0.717) is 26.9 Å². The Hall–Kier alpha value is -4.04. The first-order valence-corrected chi connectivity index (χ1v) is 10.7. The lowest BCUT2D eigenvalue weighted by atomic mass is 10.2. The van der Waals surface area contributed by atoms with Gasteiger partial charge in [-0.25, -0.2) is 14.4 Å². The van der Waals surface area contributed by atoms with Gasteiger partial charge in [0.2, 0.25) is 5.13 Å². The molecule has 2 heterocycles. The van der Waals surface area contributed by atoms with Crippen LogP contribution in [0.1, 0.15) is 10.6 Å². The van der Waals surface area contributed by atoms with E-state index in [0.717, 1.165) is 11.1 Å². The summed E-state index contributed by atoms with van der Waals surface area (Å²) in [5.41, 5.74) is 2.11. The molecule has 156 valence electrons. The molecule has 0 amide bonds. The van der Waals surface area contributed by atoms with Crippen molar-refractivity contribution in [1.82, 2.24) is 19.7 Å². The Morgan fingerprint density at radius 1 is 0.938 bits per heavy atom. The topological polar surface area (TPSA) is 73.0 Å². The molecule has 5 rings (SSSR count). The second-order valence-corrected chi connectivity index (χ2v) is 8.04. The van der Waals surface area contributed by atoms with E-state index in [-0.39, 0.29) is 17.9 Å². The van der Waals surface area contributed by atoms with Gasteiger partial charge in [0.05, 0.1) is 17.4 Å². The summed E-state index contributed by atoms with van der Waals surface area (Å²) < 4.78 is 14.7. The van der Waals surface area contributed by atoms with Gasteiger partial charge in [-0.3, -0.25) is 9.36 Å². The summed E-state index contributed by atoms with van der Waals surface area (Å²) in [7, 11) is 0. The highest BCUT2D eigenvalue weighted by atomic mass is 32.1. The molecule has 5 aromatic rings. The normalized spacial score (nSPS) is 11.4. The van der Waals surface area contributed by atoms with Gasteiger partial charge in [-0.1, -0.05) is 65.9 Å². The van der Waals surface area contributed by atoms with E-state index in [1.165, 1.54) is 23.5 Å². The second-order valence-electron chi connectivity index (χ2n) is 7.00. The van der Waals surface area contributed by atoms with E-state index < -0.39 is 0 Å². The van der Waals surface area contributed by atoms with Gasteiger partial charge in [-0.2, -0.15) is 0 Å². The highest BCUT2D eigenvalue weighted by molar-refractivity contribution is 7.14. The minimum Gasteiger partial charge on any atom is -0.285 e. The summed E-state index contributed by atoms with van der Waals surface area (Å²) in [6, 6.07) is 22.9. The number of para-hydroxylation sites is 1. The molecule has 0 aliphatic rings. The Labute approximate surface area is 186 Å². The number of benzene rings is 3. The maximum absolute atomic E-state index is 13.3. The zero-order valence-electron chi connectivity index (χ0n) is 16.7. The Bertz CT molecular complexity index is 1480. The first-order chi connectivity index (χ1) is 15.7. The fourth-order valence-electron chi connectivity index (χ4n) is 3.30. The Kier molecular flexibility index (Phi) is 5.35. The van der Waals surface area contributed by atoms with Gasteiger partial charge >= 0.3 is 0 Å². The first kappa shape index (κ1) is 19.9. The lowest BCUT2D eigenvalue weighted by Gasteiger charge is -2.12. The molecular formula is C24H16FN5OS. The van der Waals surface area contributed by atoms with Crippen LogP contribution in [-0.2, 0) is 6.54 Å². The number of aromatic nitrogens is 4. The van der Waals surface area contributed by atoms with Crippen LogP contribution in [0.15, 0.2) is 88.6 Å². The van der Waals surface area contributed by atoms with Crippen molar-refractivity contribution < 1.29 is 4.39 Å². The average molecular weight is 441 g/mol. The van der Waals surface area contributed by atoms with Gasteiger partial charge in [0.1, 0.15) is 16.6 Å². The maximum atomic E-state index is 13.3. The standard InChI is InChI=1S/C24H16FN5OS/c25-18-12-10-16(11-13-18)14-26-24-29-28-21(32-24)15-30-22(17-6-2-1-3-7-17)27-20-9-5-4-8-19(20)23(30)31/h1-14H,15H2/b26-14+. The second kappa shape index (κ2) is 8.60. The number of aliphatic imine (C=N–C) groups is 1. The molecule has 0 saturated carbocycles. The maximum Gasteiger partial charge on any atom is 0.262 e. The molecule has 0 unspecified atom stereocenters. The van der Waals surface area contributed by atoms with Crippen LogP contribution in [0.25, 0.3) is 22.3 Å². The molecule has 2 aromatic heterocycles. The molecule has 0 bridgehead atoms. The number of rotatable bonds is 5. The minimum absolute atomic E-state index is 0.138. The smallest absolute Gasteiger partial charge is 0.262 e. The molecule has 0 N–H and O–H groups in total. The van der Waals surface area contributed by atoms with Crippen LogP contribution in [0.5, 0.6) is 0 Å². The van der Waals surface area contributed by atoms with Crippen LogP contribution in [0.4, 0.5) is 9.52 Å². The van der Waals surface area contributed by atoms with E-state index in [4.69, 9.17) is 4.98 Å². The third-order valence-electron chi connectivity index (χ3n) is 4.84. The summed E-state index contributed by atoms with van der Waals surface area (Å²) in [4.78, 5) is 22.4. The number of fused-ring (bicyclic) bond motifs is 1.